The molecule has 80 valence electrons. The first kappa shape index (κ1) is 12.8. The van der Waals surface area contributed by atoms with E-state index in [1.807, 2.05) is 13.8 Å². The molecule has 0 saturated heterocycles. The molecule has 0 fully saturated rings. The fraction of sp³-hybridized carbons (Fsp3) is 1.00. The Kier molecular flexibility index (Phi) is 8.33. The second-order valence-electron chi connectivity index (χ2n) is 2.75. The second kappa shape index (κ2) is 8.44. The van der Waals surface area contributed by atoms with E-state index in [9.17, 15) is 0 Å². The molecule has 0 heterocycles. The van der Waals surface area contributed by atoms with Crippen LogP contribution in [0, 0.1) is 0 Å². The Bertz CT molecular complexity index is 95.8. The molecule has 0 spiro atoms. The van der Waals surface area contributed by atoms with Crippen molar-refractivity contribution < 1.29 is 19.7 Å². The molecule has 2 unspecified atom stereocenters. The smallest absolute Gasteiger partial charge is 0.154 e. The van der Waals surface area contributed by atoms with Crippen molar-refractivity contribution in [2.24, 2.45) is 0 Å². The van der Waals surface area contributed by atoms with E-state index < -0.39 is 12.6 Å². The molecule has 0 rings (SSSR count). The quantitative estimate of drug-likeness (QED) is 0.560. The molecule has 4 nitrogen and oxygen atoms in total. The van der Waals surface area contributed by atoms with Gasteiger partial charge in [0.25, 0.3) is 0 Å². The van der Waals surface area contributed by atoms with Crippen molar-refractivity contribution in [1.29, 1.82) is 0 Å². The van der Waals surface area contributed by atoms with Crippen LogP contribution in [0.25, 0.3) is 0 Å². The van der Waals surface area contributed by atoms with Crippen molar-refractivity contribution in [1.82, 2.24) is 0 Å². The normalized spacial score (nSPS) is 15.7. The van der Waals surface area contributed by atoms with Gasteiger partial charge in [0.05, 0.1) is 0 Å². The molecular weight excluding hydrogens is 172 g/mol. The van der Waals surface area contributed by atoms with Crippen molar-refractivity contribution in [2.45, 2.75) is 45.7 Å². The third-order valence-corrected chi connectivity index (χ3v) is 1.62. The maximum atomic E-state index is 9.15. The summed E-state index contributed by atoms with van der Waals surface area (Å²) in [7, 11) is 0. The highest BCUT2D eigenvalue weighted by Gasteiger charge is 2.06. The number of hydrogen-bond donors (Lipinski definition) is 2. The summed E-state index contributed by atoms with van der Waals surface area (Å²) < 4.78 is 9.83. The molecule has 0 saturated carbocycles. The predicted molar refractivity (Wildman–Crippen MR) is 49.1 cm³/mol. The highest BCUT2D eigenvalue weighted by molar-refractivity contribution is 4.47. The largest absolute Gasteiger partial charge is 0.368 e. The summed E-state index contributed by atoms with van der Waals surface area (Å²) >= 11 is 0. The highest BCUT2D eigenvalue weighted by Crippen LogP contribution is 2.05. The maximum Gasteiger partial charge on any atom is 0.154 e. The topological polar surface area (TPSA) is 58.9 Å². The minimum atomic E-state index is -0.709. The zero-order valence-corrected chi connectivity index (χ0v) is 8.40. The Balaban J connectivity index is 3.23. The van der Waals surface area contributed by atoms with Crippen LogP contribution in [-0.2, 0) is 9.47 Å². The lowest BCUT2D eigenvalue weighted by Crippen LogP contribution is -2.15. The molecule has 4 heteroatoms. The summed E-state index contributed by atoms with van der Waals surface area (Å²) in [5.74, 6) is 0. The summed E-state index contributed by atoms with van der Waals surface area (Å²) in [5.41, 5.74) is 0. The molecule has 2 atom stereocenters. The van der Waals surface area contributed by atoms with Gasteiger partial charge >= 0.3 is 0 Å². The summed E-state index contributed by atoms with van der Waals surface area (Å²) in [5, 5.41) is 18.3. The van der Waals surface area contributed by atoms with Crippen molar-refractivity contribution >= 4 is 0 Å². The Morgan fingerprint density at radius 3 is 1.62 bits per heavy atom. The molecule has 0 bridgehead atoms. The first-order chi connectivity index (χ1) is 6.20. The molecule has 0 aromatic carbocycles. The molecular formula is C9H20O4. The molecule has 0 amide bonds. The lowest BCUT2D eigenvalue weighted by molar-refractivity contribution is -0.116. The summed E-state index contributed by atoms with van der Waals surface area (Å²) in [6.07, 6.45) is 0.357. The van der Waals surface area contributed by atoms with Gasteiger partial charge in [-0.15, -0.1) is 0 Å². The van der Waals surface area contributed by atoms with Crippen LogP contribution in [0.5, 0.6) is 0 Å². The summed E-state index contributed by atoms with van der Waals surface area (Å²) in [6, 6.07) is 0. The van der Waals surface area contributed by atoms with Crippen LogP contribution in [0.3, 0.4) is 0 Å². The Hall–Kier alpha value is -0.160. The van der Waals surface area contributed by atoms with E-state index in [0.717, 1.165) is 0 Å². The zero-order chi connectivity index (χ0) is 10.1. The van der Waals surface area contributed by atoms with Gasteiger partial charge in [0.15, 0.2) is 12.6 Å². The average molecular weight is 192 g/mol. The van der Waals surface area contributed by atoms with E-state index in [1.54, 1.807) is 0 Å². The van der Waals surface area contributed by atoms with Gasteiger partial charge in [0, 0.05) is 13.2 Å². The molecule has 0 aromatic rings. The van der Waals surface area contributed by atoms with Crippen molar-refractivity contribution in [3.8, 4) is 0 Å². The van der Waals surface area contributed by atoms with E-state index in [1.165, 1.54) is 0 Å². The van der Waals surface area contributed by atoms with Crippen LogP contribution in [0.15, 0.2) is 0 Å². The van der Waals surface area contributed by atoms with Crippen LogP contribution < -0.4 is 0 Å². The summed E-state index contributed by atoms with van der Waals surface area (Å²) in [6.45, 7) is 4.68. The van der Waals surface area contributed by atoms with Crippen molar-refractivity contribution in [2.75, 3.05) is 13.2 Å². The molecule has 0 radical (unpaired) electrons. The minimum absolute atomic E-state index is 0.509. The zero-order valence-electron chi connectivity index (χ0n) is 8.40. The standard InChI is InChI=1S/C9H20O4/c1-3-12-8(10)6-5-7-9(11)13-4-2/h8-11H,3-7H2,1-2H3. The van der Waals surface area contributed by atoms with Crippen LogP contribution >= 0.6 is 0 Å². The van der Waals surface area contributed by atoms with Gasteiger partial charge in [-0.3, -0.25) is 0 Å². The van der Waals surface area contributed by atoms with Crippen molar-refractivity contribution in [3.63, 3.8) is 0 Å². The minimum Gasteiger partial charge on any atom is -0.368 e. The number of hydrogen-bond acceptors (Lipinski definition) is 4. The van der Waals surface area contributed by atoms with E-state index >= 15 is 0 Å². The van der Waals surface area contributed by atoms with Gasteiger partial charge in [0.2, 0.25) is 0 Å². The molecule has 2 N–H and O–H groups in total. The van der Waals surface area contributed by atoms with E-state index in [0.29, 0.717) is 32.5 Å². The fourth-order valence-corrected chi connectivity index (χ4v) is 1.02. The van der Waals surface area contributed by atoms with Gasteiger partial charge in [-0.2, -0.15) is 0 Å². The SMILES string of the molecule is CCOC(O)CCCC(O)OCC. The lowest BCUT2D eigenvalue weighted by Gasteiger charge is -2.12. The number of ether oxygens (including phenoxy) is 2. The van der Waals surface area contributed by atoms with Gasteiger partial charge in [-0.05, 0) is 33.1 Å². The number of rotatable bonds is 8. The maximum absolute atomic E-state index is 9.15. The number of aliphatic hydroxyl groups is 2. The van der Waals surface area contributed by atoms with E-state index in [2.05, 4.69) is 0 Å². The lowest BCUT2D eigenvalue weighted by atomic mass is 10.2. The van der Waals surface area contributed by atoms with E-state index in [4.69, 9.17) is 19.7 Å². The fourth-order valence-electron chi connectivity index (χ4n) is 1.02. The monoisotopic (exact) mass is 192 g/mol. The molecule has 0 aliphatic carbocycles. The van der Waals surface area contributed by atoms with Gasteiger partial charge in [-0.25, -0.2) is 0 Å². The summed E-state index contributed by atoms with van der Waals surface area (Å²) in [4.78, 5) is 0. The van der Waals surface area contributed by atoms with Crippen LogP contribution in [0.2, 0.25) is 0 Å². The van der Waals surface area contributed by atoms with Crippen molar-refractivity contribution in [3.05, 3.63) is 0 Å². The van der Waals surface area contributed by atoms with Crippen LogP contribution in [-0.4, -0.2) is 36.0 Å². The first-order valence-corrected chi connectivity index (χ1v) is 4.80. The third-order valence-electron chi connectivity index (χ3n) is 1.62. The average Bonchev–Trinajstić information content (AvgIpc) is 2.05. The van der Waals surface area contributed by atoms with Gasteiger partial charge in [-0.1, -0.05) is 0 Å². The molecule has 0 aliphatic heterocycles. The Morgan fingerprint density at radius 2 is 1.31 bits per heavy atom. The second-order valence-corrected chi connectivity index (χ2v) is 2.75. The molecule has 0 aromatic heterocycles. The predicted octanol–water partition coefficient (Wildman–Crippen LogP) is 0.867. The number of aliphatic hydroxyl groups excluding tert-OH is 2. The Morgan fingerprint density at radius 1 is 0.923 bits per heavy atom. The third kappa shape index (κ3) is 8.18. The highest BCUT2D eigenvalue weighted by atomic mass is 16.6. The van der Waals surface area contributed by atoms with Crippen LogP contribution in [0.1, 0.15) is 33.1 Å². The Labute approximate surface area is 79.5 Å². The first-order valence-electron chi connectivity index (χ1n) is 4.80. The molecule has 0 aliphatic rings. The van der Waals surface area contributed by atoms with Gasteiger partial charge < -0.3 is 19.7 Å². The van der Waals surface area contributed by atoms with Gasteiger partial charge in [0.1, 0.15) is 0 Å². The van der Waals surface area contributed by atoms with Crippen LogP contribution in [0.4, 0.5) is 0 Å². The van der Waals surface area contributed by atoms with E-state index in [-0.39, 0.29) is 0 Å². The molecule has 13 heavy (non-hydrogen) atoms.